The average molecular weight is 212 g/mol. The average Bonchev–Trinajstić information content (AvgIpc) is 2.52. The molecule has 0 radical (unpaired) electrons. The summed E-state index contributed by atoms with van der Waals surface area (Å²) >= 11 is 0. The van der Waals surface area contributed by atoms with Crippen molar-refractivity contribution in [2.75, 3.05) is 13.1 Å². The van der Waals surface area contributed by atoms with Crippen molar-refractivity contribution in [3.63, 3.8) is 0 Å². The lowest BCUT2D eigenvalue weighted by molar-refractivity contribution is -0.127. The van der Waals surface area contributed by atoms with Crippen LogP contribution in [0.15, 0.2) is 0 Å². The summed E-state index contributed by atoms with van der Waals surface area (Å²) in [4.78, 5) is 13.4. The minimum atomic E-state index is 0.326. The van der Waals surface area contributed by atoms with Crippen LogP contribution in [0.3, 0.4) is 0 Å². The van der Waals surface area contributed by atoms with E-state index in [2.05, 4.69) is 26.1 Å². The fraction of sp³-hybridized carbons (Fsp3) is 0.917. The Bertz CT molecular complexity index is 206. The van der Waals surface area contributed by atoms with Crippen LogP contribution in [0.2, 0.25) is 0 Å². The molecule has 1 saturated heterocycles. The molecule has 0 bridgehead atoms. The Morgan fingerprint density at radius 1 is 1.40 bits per heavy atom. The van der Waals surface area contributed by atoms with Gasteiger partial charge in [0.15, 0.2) is 0 Å². The van der Waals surface area contributed by atoms with Gasteiger partial charge in [-0.2, -0.15) is 0 Å². The highest BCUT2D eigenvalue weighted by molar-refractivity contribution is 5.78. The van der Waals surface area contributed by atoms with Crippen LogP contribution >= 0.6 is 0 Å². The summed E-state index contributed by atoms with van der Waals surface area (Å²) in [5.74, 6) is 0.326. The zero-order chi connectivity index (χ0) is 11.3. The predicted octanol–water partition coefficient (Wildman–Crippen LogP) is 1.78. The van der Waals surface area contributed by atoms with Gasteiger partial charge in [0.25, 0.3) is 0 Å². The first kappa shape index (κ1) is 12.5. The second-order valence-corrected chi connectivity index (χ2v) is 4.70. The van der Waals surface area contributed by atoms with Crippen molar-refractivity contribution >= 4 is 5.91 Å². The smallest absolute Gasteiger partial charge is 0.222 e. The lowest BCUT2D eigenvalue weighted by Gasteiger charge is -2.24. The van der Waals surface area contributed by atoms with Gasteiger partial charge in [-0.05, 0) is 26.7 Å². The number of hydrogen-bond donors (Lipinski definition) is 1. The number of hydrogen-bond acceptors (Lipinski definition) is 2. The van der Waals surface area contributed by atoms with Gasteiger partial charge in [-0.1, -0.05) is 13.3 Å². The highest BCUT2D eigenvalue weighted by atomic mass is 16.2. The maximum absolute atomic E-state index is 11.4. The molecule has 2 unspecified atom stereocenters. The quantitative estimate of drug-likeness (QED) is 0.728. The zero-order valence-electron chi connectivity index (χ0n) is 10.3. The monoisotopic (exact) mass is 212 g/mol. The number of rotatable bonds is 6. The second-order valence-electron chi connectivity index (χ2n) is 4.70. The Morgan fingerprint density at radius 3 is 2.67 bits per heavy atom. The van der Waals surface area contributed by atoms with E-state index in [-0.39, 0.29) is 0 Å². The van der Waals surface area contributed by atoms with E-state index in [1.807, 2.05) is 4.90 Å². The largest absolute Gasteiger partial charge is 0.341 e. The Hall–Kier alpha value is -0.570. The van der Waals surface area contributed by atoms with Crippen LogP contribution < -0.4 is 5.32 Å². The van der Waals surface area contributed by atoms with Crippen molar-refractivity contribution in [2.45, 2.75) is 58.5 Å². The van der Waals surface area contributed by atoms with Crippen LogP contribution in [0.25, 0.3) is 0 Å². The van der Waals surface area contributed by atoms with Gasteiger partial charge in [0.2, 0.25) is 5.91 Å². The van der Waals surface area contributed by atoms with Crippen LogP contribution in [0, 0.1) is 0 Å². The van der Waals surface area contributed by atoms with Gasteiger partial charge in [0, 0.05) is 31.6 Å². The van der Waals surface area contributed by atoms with Crippen molar-refractivity contribution in [1.29, 1.82) is 0 Å². The molecule has 0 spiro atoms. The summed E-state index contributed by atoms with van der Waals surface area (Å²) in [5.41, 5.74) is 0. The SMILES string of the molecule is CCCC(C)NC(C)CN1CCCC1=O. The molecule has 1 N–H and O–H groups in total. The predicted molar refractivity (Wildman–Crippen MR) is 62.8 cm³/mol. The van der Waals surface area contributed by atoms with Gasteiger partial charge in [0.1, 0.15) is 0 Å². The van der Waals surface area contributed by atoms with Crippen LogP contribution in [0.5, 0.6) is 0 Å². The van der Waals surface area contributed by atoms with Crippen LogP contribution in [0.1, 0.15) is 46.5 Å². The molecule has 1 amide bonds. The molecule has 0 saturated carbocycles. The van der Waals surface area contributed by atoms with Crippen molar-refractivity contribution in [3.8, 4) is 0 Å². The van der Waals surface area contributed by atoms with E-state index in [0.29, 0.717) is 18.0 Å². The van der Waals surface area contributed by atoms with Crippen molar-refractivity contribution < 1.29 is 4.79 Å². The van der Waals surface area contributed by atoms with Gasteiger partial charge < -0.3 is 10.2 Å². The molecule has 0 aliphatic carbocycles. The molecule has 3 heteroatoms. The summed E-state index contributed by atoms with van der Waals surface area (Å²) < 4.78 is 0. The van der Waals surface area contributed by atoms with E-state index in [1.54, 1.807) is 0 Å². The van der Waals surface area contributed by atoms with Crippen molar-refractivity contribution in [3.05, 3.63) is 0 Å². The normalized spacial score (nSPS) is 20.7. The molecule has 0 aromatic carbocycles. The number of carbonyl (C=O) groups excluding carboxylic acids is 1. The molecular weight excluding hydrogens is 188 g/mol. The lowest BCUT2D eigenvalue weighted by atomic mass is 10.1. The Labute approximate surface area is 93.2 Å². The number of likely N-dealkylation sites (tertiary alicyclic amines) is 1. The maximum Gasteiger partial charge on any atom is 0.222 e. The third kappa shape index (κ3) is 4.20. The van der Waals surface area contributed by atoms with E-state index in [9.17, 15) is 4.79 Å². The molecule has 0 aromatic heterocycles. The minimum Gasteiger partial charge on any atom is -0.341 e. The molecule has 1 heterocycles. The van der Waals surface area contributed by atoms with Crippen molar-refractivity contribution in [1.82, 2.24) is 10.2 Å². The molecule has 15 heavy (non-hydrogen) atoms. The Balaban J connectivity index is 2.22. The molecule has 88 valence electrons. The maximum atomic E-state index is 11.4. The zero-order valence-corrected chi connectivity index (χ0v) is 10.3. The van der Waals surface area contributed by atoms with Gasteiger partial charge >= 0.3 is 0 Å². The standard InChI is InChI=1S/C12H24N2O/c1-4-6-10(2)13-11(3)9-14-8-5-7-12(14)15/h10-11,13H,4-9H2,1-3H3. The number of nitrogens with zero attached hydrogens (tertiary/aromatic N) is 1. The second kappa shape index (κ2) is 6.11. The summed E-state index contributed by atoms with van der Waals surface area (Å²) in [6.07, 6.45) is 4.20. The summed E-state index contributed by atoms with van der Waals surface area (Å²) in [7, 11) is 0. The first-order valence-electron chi connectivity index (χ1n) is 6.17. The molecule has 1 aliphatic rings. The van der Waals surface area contributed by atoms with E-state index < -0.39 is 0 Å². The highest BCUT2D eigenvalue weighted by Gasteiger charge is 2.21. The van der Waals surface area contributed by atoms with Gasteiger partial charge in [-0.25, -0.2) is 0 Å². The van der Waals surface area contributed by atoms with E-state index >= 15 is 0 Å². The summed E-state index contributed by atoms with van der Waals surface area (Å²) in [6, 6.07) is 0.969. The van der Waals surface area contributed by atoms with Crippen molar-refractivity contribution in [2.24, 2.45) is 0 Å². The molecule has 0 aromatic rings. The Kier molecular flexibility index (Phi) is 5.09. The van der Waals surface area contributed by atoms with Gasteiger partial charge in [-0.3, -0.25) is 4.79 Å². The van der Waals surface area contributed by atoms with Crippen LogP contribution in [-0.2, 0) is 4.79 Å². The summed E-state index contributed by atoms with van der Waals surface area (Å²) in [6.45, 7) is 8.40. The minimum absolute atomic E-state index is 0.326. The molecule has 3 nitrogen and oxygen atoms in total. The fourth-order valence-electron chi connectivity index (χ4n) is 2.28. The Morgan fingerprint density at radius 2 is 2.13 bits per heavy atom. The third-order valence-corrected chi connectivity index (χ3v) is 2.96. The van der Waals surface area contributed by atoms with E-state index in [0.717, 1.165) is 25.9 Å². The molecule has 1 rings (SSSR count). The van der Waals surface area contributed by atoms with E-state index in [4.69, 9.17) is 0 Å². The lowest BCUT2D eigenvalue weighted by Crippen LogP contribution is -2.43. The number of carbonyl (C=O) groups is 1. The first-order valence-corrected chi connectivity index (χ1v) is 6.17. The molecular formula is C12H24N2O. The molecule has 1 aliphatic heterocycles. The fourth-order valence-corrected chi connectivity index (χ4v) is 2.28. The number of amides is 1. The van der Waals surface area contributed by atoms with Crippen LogP contribution in [-0.4, -0.2) is 36.0 Å². The van der Waals surface area contributed by atoms with E-state index in [1.165, 1.54) is 12.8 Å². The molecule has 1 fully saturated rings. The van der Waals surface area contributed by atoms with Gasteiger partial charge in [0.05, 0.1) is 0 Å². The first-order chi connectivity index (χ1) is 7.13. The van der Waals surface area contributed by atoms with Crippen LogP contribution in [0.4, 0.5) is 0 Å². The number of nitrogens with one attached hydrogen (secondary N) is 1. The summed E-state index contributed by atoms with van der Waals surface area (Å²) in [5, 5.41) is 3.53. The third-order valence-electron chi connectivity index (χ3n) is 2.96. The highest BCUT2D eigenvalue weighted by Crippen LogP contribution is 2.10. The van der Waals surface area contributed by atoms with Gasteiger partial charge in [-0.15, -0.1) is 0 Å². The topological polar surface area (TPSA) is 32.3 Å². The molecule has 2 atom stereocenters.